The van der Waals surface area contributed by atoms with Crippen molar-refractivity contribution in [2.24, 2.45) is 0 Å². The van der Waals surface area contributed by atoms with Crippen LogP contribution in [-0.4, -0.2) is 23.7 Å². The Hall–Kier alpha value is -8.54. The predicted octanol–water partition coefficient (Wildman–Crippen LogP) is 14.9. The Morgan fingerprint density at radius 2 is 0.841 bits per heavy atom. The van der Waals surface area contributed by atoms with Crippen LogP contribution in [0.3, 0.4) is 0 Å². The van der Waals surface area contributed by atoms with Crippen molar-refractivity contribution in [3.05, 3.63) is 212 Å². The Balaban J connectivity index is 1.07. The minimum Gasteiger partial charge on any atom is -0.309 e. The molecular formula is C58H35N5. The molecule has 0 unspecified atom stereocenters. The molecule has 0 N–H and O–H groups in total. The summed E-state index contributed by atoms with van der Waals surface area (Å²) in [6.07, 6.45) is 0. The standard InChI is InChI=1S/C58H35N5/c1-2-17-40(18-3-1)61-50-24-12-8-20-43(50)45-33-39(27-29-52(45)61)57-58(60-49-23-11-10-22-48(49)59-57)63-53-31-28-41(35-47(53)56-42-19-7-6-14-36(42)26-30-54(56)63)62-51-25-13-9-21-44(51)46-32-37-15-4-5-16-38(37)34-55(46)62/h1-35H. The van der Waals surface area contributed by atoms with E-state index in [0.717, 1.165) is 61.4 Å². The lowest BCUT2D eigenvalue weighted by Gasteiger charge is -2.15. The second-order valence-corrected chi connectivity index (χ2v) is 16.6. The van der Waals surface area contributed by atoms with Gasteiger partial charge in [0.1, 0.15) is 5.69 Å². The molecule has 0 atom stereocenters. The van der Waals surface area contributed by atoms with Gasteiger partial charge in [0.15, 0.2) is 5.82 Å². The molecule has 4 aromatic heterocycles. The highest BCUT2D eigenvalue weighted by Gasteiger charge is 2.23. The van der Waals surface area contributed by atoms with Crippen molar-refractivity contribution in [1.29, 1.82) is 0 Å². The molecule has 292 valence electrons. The highest BCUT2D eigenvalue weighted by molar-refractivity contribution is 6.22. The number of hydrogen-bond donors (Lipinski definition) is 0. The maximum Gasteiger partial charge on any atom is 0.165 e. The van der Waals surface area contributed by atoms with Crippen LogP contribution in [0.2, 0.25) is 0 Å². The molecule has 0 fully saturated rings. The van der Waals surface area contributed by atoms with E-state index in [-0.39, 0.29) is 0 Å². The normalized spacial score (nSPS) is 12.1. The number of nitrogens with zero attached hydrogens (tertiary/aromatic N) is 5. The van der Waals surface area contributed by atoms with E-state index in [2.05, 4.69) is 214 Å². The van der Waals surface area contributed by atoms with Crippen LogP contribution >= 0.6 is 0 Å². The van der Waals surface area contributed by atoms with E-state index in [1.54, 1.807) is 0 Å². The number of benzene rings is 10. The van der Waals surface area contributed by atoms with E-state index in [0.29, 0.717) is 0 Å². The summed E-state index contributed by atoms with van der Waals surface area (Å²) < 4.78 is 7.15. The lowest BCUT2D eigenvalue weighted by atomic mass is 10.0. The van der Waals surface area contributed by atoms with Gasteiger partial charge in [-0.15, -0.1) is 0 Å². The van der Waals surface area contributed by atoms with Crippen molar-refractivity contribution < 1.29 is 0 Å². The fourth-order valence-electron chi connectivity index (χ4n) is 10.4. The van der Waals surface area contributed by atoms with E-state index in [9.17, 15) is 0 Å². The van der Waals surface area contributed by atoms with Gasteiger partial charge in [0.05, 0.1) is 44.1 Å². The Bertz CT molecular complexity index is 4210. The first-order chi connectivity index (χ1) is 31.2. The molecule has 0 amide bonds. The Kier molecular flexibility index (Phi) is 7.05. The molecule has 0 saturated heterocycles. The van der Waals surface area contributed by atoms with Gasteiger partial charge in [-0.25, -0.2) is 9.97 Å². The van der Waals surface area contributed by atoms with Gasteiger partial charge in [-0.05, 0) is 106 Å². The van der Waals surface area contributed by atoms with Crippen LogP contribution in [0.25, 0.3) is 126 Å². The van der Waals surface area contributed by atoms with Crippen molar-refractivity contribution in [3.63, 3.8) is 0 Å². The molecule has 0 aliphatic heterocycles. The van der Waals surface area contributed by atoms with E-state index in [1.807, 2.05) is 12.1 Å². The number of hydrogen-bond acceptors (Lipinski definition) is 2. The number of rotatable bonds is 4. The van der Waals surface area contributed by atoms with Gasteiger partial charge < -0.3 is 9.13 Å². The Morgan fingerprint density at radius 3 is 1.62 bits per heavy atom. The van der Waals surface area contributed by atoms with Crippen LogP contribution in [0.4, 0.5) is 0 Å². The summed E-state index contributed by atoms with van der Waals surface area (Å²) in [5.74, 6) is 0.797. The number of para-hydroxylation sites is 5. The van der Waals surface area contributed by atoms with Crippen LogP contribution < -0.4 is 0 Å². The highest BCUT2D eigenvalue weighted by Crippen LogP contribution is 2.43. The van der Waals surface area contributed by atoms with Gasteiger partial charge in [0.25, 0.3) is 0 Å². The maximum atomic E-state index is 5.54. The average molecular weight is 802 g/mol. The lowest BCUT2D eigenvalue weighted by Crippen LogP contribution is -2.04. The molecule has 5 nitrogen and oxygen atoms in total. The molecule has 14 aromatic rings. The van der Waals surface area contributed by atoms with Crippen LogP contribution in [0.15, 0.2) is 212 Å². The van der Waals surface area contributed by atoms with Gasteiger partial charge in [0.2, 0.25) is 0 Å². The number of aromatic nitrogens is 5. The summed E-state index contributed by atoms with van der Waals surface area (Å²) in [6, 6.07) is 76.6. The molecule has 0 aliphatic carbocycles. The Morgan fingerprint density at radius 1 is 0.286 bits per heavy atom. The van der Waals surface area contributed by atoms with Crippen LogP contribution in [-0.2, 0) is 0 Å². The number of fused-ring (bicyclic) bond motifs is 13. The third-order valence-electron chi connectivity index (χ3n) is 13.2. The first kappa shape index (κ1) is 34.2. The SMILES string of the molecule is c1ccc(-n2c3ccccc3c3cc(-c4nc5ccccc5nc4-n4c5ccc(-n6c7ccccc7c7cc8ccccc8cc76)cc5c5c6ccccc6ccc54)ccc32)cc1. The van der Waals surface area contributed by atoms with Gasteiger partial charge in [0, 0.05) is 49.3 Å². The van der Waals surface area contributed by atoms with Crippen molar-refractivity contribution in [3.8, 4) is 28.5 Å². The van der Waals surface area contributed by atoms with Crippen LogP contribution in [0.1, 0.15) is 0 Å². The molecule has 0 bridgehead atoms. The zero-order valence-corrected chi connectivity index (χ0v) is 33.9. The van der Waals surface area contributed by atoms with Crippen molar-refractivity contribution in [2.45, 2.75) is 0 Å². The summed E-state index contributed by atoms with van der Waals surface area (Å²) in [7, 11) is 0. The smallest absolute Gasteiger partial charge is 0.165 e. The summed E-state index contributed by atoms with van der Waals surface area (Å²) in [4.78, 5) is 11.0. The first-order valence-electron chi connectivity index (χ1n) is 21.5. The molecule has 10 aromatic carbocycles. The second kappa shape index (κ2) is 13.0. The monoisotopic (exact) mass is 801 g/mol. The predicted molar refractivity (Wildman–Crippen MR) is 263 cm³/mol. The minimum absolute atomic E-state index is 0.797. The largest absolute Gasteiger partial charge is 0.309 e. The zero-order chi connectivity index (χ0) is 41.2. The van der Waals surface area contributed by atoms with Gasteiger partial charge in [-0.3, -0.25) is 4.57 Å². The first-order valence-corrected chi connectivity index (χ1v) is 21.5. The topological polar surface area (TPSA) is 40.6 Å². The van der Waals surface area contributed by atoms with E-state index >= 15 is 0 Å². The molecular weight excluding hydrogens is 767 g/mol. The van der Waals surface area contributed by atoms with Gasteiger partial charge in [-0.1, -0.05) is 127 Å². The molecule has 5 heteroatoms. The van der Waals surface area contributed by atoms with Crippen LogP contribution in [0, 0.1) is 0 Å². The van der Waals surface area contributed by atoms with Crippen LogP contribution in [0.5, 0.6) is 0 Å². The Labute approximate surface area is 360 Å². The molecule has 0 spiro atoms. The molecule has 4 heterocycles. The maximum absolute atomic E-state index is 5.54. The van der Waals surface area contributed by atoms with Gasteiger partial charge >= 0.3 is 0 Å². The minimum atomic E-state index is 0.797. The second-order valence-electron chi connectivity index (χ2n) is 16.6. The fraction of sp³-hybridized carbons (Fsp3) is 0. The summed E-state index contributed by atoms with van der Waals surface area (Å²) in [5, 5.41) is 12.1. The molecule has 63 heavy (non-hydrogen) atoms. The van der Waals surface area contributed by atoms with Crippen molar-refractivity contribution >= 4 is 98.0 Å². The zero-order valence-electron chi connectivity index (χ0n) is 33.9. The van der Waals surface area contributed by atoms with E-state index in [4.69, 9.17) is 9.97 Å². The highest BCUT2D eigenvalue weighted by atomic mass is 15.1. The lowest BCUT2D eigenvalue weighted by molar-refractivity contribution is 1.08. The molecule has 0 aliphatic rings. The third kappa shape index (κ3) is 4.93. The summed E-state index contributed by atoms with van der Waals surface area (Å²) >= 11 is 0. The third-order valence-corrected chi connectivity index (χ3v) is 13.2. The summed E-state index contributed by atoms with van der Waals surface area (Å²) in [6.45, 7) is 0. The van der Waals surface area contributed by atoms with Crippen molar-refractivity contribution in [1.82, 2.24) is 23.7 Å². The quantitative estimate of drug-likeness (QED) is 0.178. The van der Waals surface area contributed by atoms with E-state index in [1.165, 1.54) is 65.0 Å². The molecule has 0 saturated carbocycles. The van der Waals surface area contributed by atoms with E-state index < -0.39 is 0 Å². The summed E-state index contributed by atoms with van der Waals surface area (Å²) in [5.41, 5.74) is 12.6. The van der Waals surface area contributed by atoms with Crippen molar-refractivity contribution in [2.75, 3.05) is 0 Å². The van der Waals surface area contributed by atoms with Gasteiger partial charge in [-0.2, -0.15) is 0 Å². The fourth-order valence-corrected chi connectivity index (χ4v) is 10.4. The average Bonchev–Trinajstić information content (AvgIpc) is 3.98. The molecule has 0 radical (unpaired) electrons. The molecule has 14 rings (SSSR count).